The molecule has 1 N–H and O–H groups in total. The van der Waals surface area contributed by atoms with Gasteiger partial charge in [-0.05, 0) is 31.5 Å². The van der Waals surface area contributed by atoms with E-state index in [-0.39, 0.29) is 6.10 Å². The summed E-state index contributed by atoms with van der Waals surface area (Å²) in [7, 11) is -1.58. The Morgan fingerprint density at radius 1 is 1.60 bits per heavy atom. The first kappa shape index (κ1) is 12.6. The molecule has 0 saturated carbocycles. The lowest BCUT2D eigenvalue weighted by molar-refractivity contribution is 0.208. The molecule has 0 fully saturated rings. The summed E-state index contributed by atoms with van der Waals surface area (Å²) in [6.45, 7) is 0.720. The van der Waals surface area contributed by atoms with Crippen LogP contribution >= 0.6 is 11.3 Å². The predicted octanol–water partition coefficient (Wildman–Crippen LogP) is 1.37. The van der Waals surface area contributed by atoms with Gasteiger partial charge in [0.05, 0.1) is 6.26 Å². The average Bonchev–Trinajstić information content (AvgIpc) is 2.63. The summed E-state index contributed by atoms with van der Waals surface area (Å²) in [6.07, 6.45) is 1.35. The minimum atomic E-state index is -3.40. The van der Waals surface area contributed by atoms with E-state index < -0.39 is 10.1 Å². The summed E-state index contributed by atoms with van der Waals surface area (Å²) >= 11 is 1.50. The summed E-state index contributed by atoms with van der Waals surface area (Å²) in [4.78, 5) is 0.940. The van der Waals surface area contributed by atoms with Crippen LogP contribution in [0.3, 0.4) is 0 Å². The predicted molar refractivity (Wildman–Crippen MR) is 61.5 cm³/mol. The van der Waals surface area contributed by atoms with Crippen LogP contribution in [0.15, 0.2) is 17.5 Å². The van der Waals surface area contributed by atoms with E-state index in [9.17, 15) is 8.42 Å². The van der Waals surface area contributed by atoms with Gasteiger partial charge in [0.2, 0.25) is 0 Å². The third-order valence-corrected chi connectivity index (χ3v) is 3.35. The van der Waals surface area contributed by atoms with E-state index >= 15 is 0 Å². The Balaban J connectivity index is 2.70. The Labute approximate surface area is 94.4 Å². The van der Waals surface area contributed by atoms with Crippen molar-refractivity contribution in [3.05, 3.63) is 22.4 Å². The summed E-state index contributed by atoms with van der Waals surface area (Å²) < 4.78 is 27.2. The number of hydrogen-bond donors (Lipinski definition) is 1. The maximum absolute atomic E-state index is 11.1. The number of nitrogens with one attached hydrogen (secondary N) is 1. The fourth-order valence-electron chi connectivity index (χ4n) is 1.20. The van der Waals surface area contributed by atoms with Gasteiger partial charge in [-0.1, -0.05) is 6.07 Å². The smallest absolute Gasteiger partial charge is 0.265 e. The molecule has 1 heterocycles. The van der Waals surface area contributed by atoms with Crippen molar-refractivity contribution in [1.29, 1.82) is 0 Å². The Bertz CT molecular complexity index is 372. The molecule has 0 unspecified atom stereocenters. The van der Waals surface area contributed by atoms with Crippen LogP contribution in [0.2, 0.25) is 0 Å². The van der Waals surface area contributed by atoms with Gasteiger partial charge < -0.3 is 5.32 Å². The molecular formula is C9H15NO3S2. The molecule has 15 heavy (non-hydrogen) atoms. The van der Waals surface area contributed by atoms with Gasteiger partial charge in [-0.2, -0.15) is 8.42 Å². The second-order valence-corrected chi connectivity index (χ2v) is 5.78. The highest BCUT2D eigenvalue weighted by atomic mass is 32.2. The molecule has 0 aliphatic rings. The van der Waals surface area contributed by atoms with Crippen molar-refractivity contribution in [2.24, 2.45) is 0 Å². The molecule has 1 atom stereocenters. The van der Waals surface area contributed by atoms with Gasteiger partial charge in [-0.25, -0.2) is 0 Å². The van der Waals surface area contributed by atoms with Gasteiger partial charge in [0.15, 0.2) is 0 Å². The third-order valence-electron chi connectivity index (χ3n) is 1.81. The van der Waals surface area contributed by atoms with Crippen molar-refractivity contribution in [2.45, 2.75) is 12.5 Å². The summed E-state index contributed by atoms with van der Waals surface area (Å²) in [5.41, 5.74) is 0. The molecule has 0 bridgehead atoms. The van der Waals surface area contributed by atoms with Gasteiger partial charge in [0, 0.05) is 4.88 Å². The molecule has 86 valence electrons. The first-order valence-electron chi connectivity index (χ1n) is 4.59. The van der Waals surface area contributed by atoms with Crippen LogP contribution in [0, 0.1) is 0 Å². The van der Waals surface area contributed by atoms with Crippen molar-refractivity contribution in [3.8, 4) is 0 Å². The molecule has 0 amide bonds. The van der Waals surface area contributed by atoms with Crippen LogP contribution in [0.4, 0.5) is 0 Å². The average molecular weight is 249 g/mol. The summed E-state index contributed by atoms with van der Waals surface area (Å²) in [6, 6.07) is 3.77. The Morgan fingerprint density at radius 3 is 2.80 bits per heavy atom. The maximum atomic E-state index is 11.1. The zero-order chi connectivity index (χ0) is 11.3. The zero-order valence-corrected chi connectivity index (χ0v) is 10.4. The second-order valence-electron chi connectivity index (χ2n) is 3.20. The van der Waals surface area contributed by atoms with Crippen molar-refractivity contribution in [1.82, 2.24) is 5.32 Å². The SMILES string of the molecule is CNCC[C@H](OS(C)(=O)=O)c1cccs1. The van der Waals surface area contributed by atoms with E-state index in [4.69, 9.17) is 4.18 Å². The van der Waals surface area contributed by atoms with Gasteiger partial charge in [0.1, 0.15) is 6.10 Å². The van der Waals surface area contributed by atoms with E-state index in [1.54, 1.807) is 0 Å². The Morgan fingerprint density at radius 2 is 2.33 bits per heavy atom. The first-order chi connectivity index (χ1) is 7.03. The van der Waals surface area contributed by atoms with Crippen LogP contribution in [-0.2, 0) is 14.3 Å². The molecule has 6 heteroatoms. The van der Waals surface area contributed by atoms with Crippen molar-refractivity contribution in [2.75, 3.05) is 19.8 Å². The van der Waals surface area contributed by atoms with Gasteiger partial charge in [-0.15, -0.1) is 11.3 Å². The fourth-order valence-corrected chi connectivity index (χ4v) is 2.67. The molecule has 0 aromatic carbocycles. The lowest BCUT2D eigenvalue weighted by Gasteiger charge is -2.14. The largest absolute Gasteiger partial charge is 0.320 e. The van der Waals surface area contributed by atoms with E-state index in [0.29, 0.717) is 6.42 Å². The highest BCUT2D eigenvalue weighted by Gasteiger charge is 2.17. The van der Waals surface area contributed by atoms with E-state index in [1.165, 1.54) is 11.3 Å². The molecule has 1 rings (SSSR count). The Kier molecular flexibility index (Phi) is 4.72. The van der Waals surface area contributed by atoms with Crippen LogP contribution in [0.25, 0.3) is 0 Å². The number of hydrogen-bond acceptors (Lipinski definition) is 5. The molecule has 0 radical (unpaired) electrons. The monoisotopic (exact) mass is 249 g/mol. The van der Waals surface area contributed by atoms with E-state index in [0.717, 1.165) is 17.7 Å². The minimum absolute atomic E-state index is 0.368. The van der Waals surface area contributed by atoms with Gasteiger partial charge >= 0.3 is 0 Å². The Hall–Kier alpha value is -0.430. The van der Waals surface area contributed by atoms with Gasteiger partial charge in [0.25, 0.3) is 10.1 Å². The van der Waals surface area contributed by atoms with Crippen molar-refractivity contribution < 1.29 is 12.6 Å². The van der Waals surface area contributed by atoms with Gasteiger partial charge in [-0.3, -0.25) is 4.18 Å². The zero-order valence-electron chi connectivity index (χ0n) is 8.76. The number of thiophene rings is 1. The lowest BCUT2D eigenvalue weighted by Crippen LogP contribution is -2.16. The molecule has 0 saturated heterocycles. The van der Waals surface area contributed by atoms with Crippen LogP contribution in [-0.4, -0.2) is 28.3 Å². The molecule has 4 nitrogen and oxygen atoms in total. The first-order valence-corrected chi connectivity index (χ1v) is 7.29. The molecule has 1 aromatic heterocycles. The highest BCUT2D eigenvalue weighted by Crippen LogP contribution is 2.26. The van der Waals surface area contributed by atoms with Crippen LogP contribution < -0.4 is 5.32 Å². The van der Waals surface area contributed by atoms with E-state index in [1.807, 2.05) is 24.6 Å². The van der Waals surface area contributed by atoms with E-state index in [2.05, 4.69) is 5.32 Å². The van der Waals surface area contributed by atoms with Crippen molar-refractivity contribution >= 4 is 21.5 Å². The molecule has 0 spiro atoms. The minimum Gasteiger partial charge on any atom is -0.320 e. The summed E-state index contributed by atoms with van der Waals surface area (Å²) in [5.74, 6) is 0. The van der Waals surface area contributed by atoms with Crippen molar-refractivity contribution in [3.63, 3.8) is 0 Å². The highest BCUT2D eigenvalue weighted by molar-refractivity contribution is 7.86. The third kappa shape index (κ3) is 4.74. The topological polar surface area (TPSA) is 55.4 Å². The summed E-state index contributed by atoms with van der Waals surface area (Å²) in [5, 5.41) is 4.89. The quantitative estimate of drug-likeness (QED) is 0.774. The number of rotatable bonds is 6. The van der Waals surface area contributed by atoms with Crippen LogP contribution in [0.5, 0.6) is 0 Å². The normalized spacial score (nSPS) is 14.0. The maximum Gasteiger partial charge on any atom is 0.265 e. The molecule has 0 aliphatic carbocycles. The molecule has 0 aliphatic heterocycles. The molecular weight excluding hydrogens is 234 g/mol. The second kappa shape index (κ2) is 5.60. The standard InChI is InChI=1S/C9H15NO3S2/c1-10-6-5-8(13-15(2,11)12)9-4-3-7-14-9/h3-4,7-8,10H,5-6H2,1-2H3/t8-/m0/s1. The molecule has 1 aromatic rings. The fraction of sp³-hybridized carbons (Fsp3) is 0.556. The van der Waals surface area contributed by atoms with Crippen LogP contribution in [0.1, 0.15) is 17.4 Å². The lowest BCUT2D eigenvalue weighted by atomic mass is 10.2.